The summed E-state index contributed by atoms with van der Waals surface area (Å²) in [6, 6.07) is 3.56. The van der Waals surface area contributed by atoms with Crippen LogP contribution in [0.3, 0.4) is 0 Å². The zero-order chi connectivity index (χ0) is 12.2. The van der Waals surface area contributed by atoms with Crippen LogP contribution in [0.2, 0.25) is 0 Å². The number of rotatable bonds is 0. The summed E-state index contributed by atoms with van der Waals surface area (Å²) in [5.41, 5.74) is 1.00. The van der Waals surface area contributed by atoms with Gasteiger partial charge in [-0.15, -0.1) is 0 Å². The molecule has 0 amide bonds. The summed E-state index contributed by atoms with van der Waals surface area (Å²) < 4.78 is 16.6. The van der Waals surface area contributed by atoms with E-state index >= 15 is 0 Å². The number of piperidine rings is 1. The van der Waals surface area contributed by atoms with Crippen LogP contribution in [0.15, 0.2) is 12.1 Å². The topological polar surface area (TPSA) is 56.8 Å². The molecule has 0 aromatic heterocycles. The van der Waals surface area contributed by atoms with Gasteiger partial charge in [0.05, 0.1) is 11.1 Å². The molecule has 0 aliphatic carbocycles. The average Bonchev–Trinajstić information content (AvgIpc) is 2.94. The standard InChI is InChI=1S/C13H13NO4/c15-12-8-1-2-9-11(17-7-16-9)10(8)13(18-12)3-5-14-6-4-13/h1-2,14H,3-7H2. The molecule has 0 radical (unpaired) electrons. The Bertz CT molecular complexity index is 534. The van der Waals surface area contributed by atoms with Gasteiger partial charge >= 0.3 is 5.97 Å². The van der Waals surface area contributed by atoms with E-state index in [2.05, 4.69) is 5.32 Å². The van der Waals surface area contributed by atoms with Crippen LogP contribution in [0, 0.1) is 0 Å². The molecule has 3 aliphatic rings. The number of ether oxygens (including phenoxy) is 3. The van der Waals surface area contributed by atoms with Crippen LogP contribution in [0.1, 0.15) is 28.8 Å². The minimum Gasteiger partial charge on any atom is -0.454 e. The van der Waals surface area contributed by atoms with Crippen molar-refractivity contribution in [2.45, 2.75) is 18.4 Å². The van der Waals surface area contributed by atoms with Crippen LogP contribution in [-0.2, 0) is 10.3 Å². The number of fused-ring (bicyclic) bond motifs is 4. The molecule has 5 heteroatoms. The highest BCUT2D eigenvalue weighted by Gasteiger charge is 2.49. The lowest BCUT2D eigenvalue weighted by Crippen LogP contribution is -2.40. The van der Waals surface area contributed by atoms with Gasteiger partial charge < -0.3 is 19.5 Å². The van der Waals surface area contributed by atoms with Crippen LogP contribution in [-0.4, -0.2) is 25.9 Å². The molecule has 1 fully saturated rings. The quantitative estimate of drug-likeness (QED) is 0.697. The lowest BCUT2D eigenvalue weighted by atomic mass is 9.83. The number of carbonyl (C=O) groups is 1. The summed E-state index contributed by atoms with van der Waals surface area (Å²) in [7, 11) is 0. The normalized spacial score (nSPS) is 23.0. The Kier molecular flexibility index (Phi) is 1.92. The van der Waals surface area contributed by atoms with Crippen molar-refractivity contribution in [1.29, 1.82) is 0 Å². The van der Waals surface area contributed by atoms with Crippen molar-refractivity contribution in [2.24, 2.45) is 0 Å². The average molecular weight is 247 g/mol. The predicted octanol–water partition coefficient (Wildman–Crippen LogP) is 1.16. The molecule has 1 saturated heterocycles. The third kappa shape index (κ3) is 1.17. The van der Waals surface area contributed by atoms with Crippen molar-refractivity contribution in [2.75, 3.05) is 19.9 Å². The van der Waals surface area contributed by atoms with Gasteiger partial charge in [-0.2, -0.15) is 0 Å². The zero-order valence-electron chi connectivity index (χ0n) is 9.82. The maximum absolute atomic E-state index is 12.0. The van der Waals surface area contributed by atoms with E-state index in [0.717, 1.165) is 31.5 Å². The van der Waals surface area contributed by atoms with Crippen molar-refractivity contribution < 1.29 is 19.0 Å². The summed E-state index contributed by atoms with van der Waals surface area (Å²) in [6.07, 6.45) is 1.57. The number of benzene rings is 1. The summed E-state index contributed by atoms with van der Waals surface area (Å²) in [6.45, 7) is 1.91. The van der Waals surface area contributed by atoms with E-state index in [9.17, 15) is 4.79 Å². The molecular formula is C13H13NO4. The molecular weight excluding hydrogens is 234 g/mol. The van der Waals surface area contributed by atoms with Gasteiger partial charge in [0.15, 0.2) is 11.5 Å². The summed E-state index contributed by atoms with van der Waals surface area (Å²) in [5, 5.41) is 3.29. The maximum Gasteiger partial charge on any atom is 0.339 e. The first-order chi connectivity index (χ1) is 8.80. The molecule has 1 aromatic rings. The van der Waals surface area contributed by atoms with E-state index in [0.29, 0.717) is 17.1 Å². The monoisotopic (exact) mass is 247 g/mol. The van der Waals surface area contributed by atoms with Crippen LogP contribution in [0.4, 0.5) is 0 Å². The number of carbonyl (C=O) groups excluding carboxylic acids is 1. The highest BCUT2D eigenvalue weighted by molar-refractivity contribution is 5.96. The number of esters is 1. The largest absolute Gasteiger partial charge is 0.454 e. The lowest BCUT2D eigenvalue weighted by molar-refractivity contribution is -0.0251. The highest BCUT2D eigenvalue weighted by atomic mass is 16.7. The maximum atomic E-state index is 12.0. The van der Waals surface area contributed by atoms with E-state index in [1.807, 2.05) is 0 Å². The molecule has 94 valence electrons. The molecule has 3 heterocycles. The van der Waals surface area contributed by atoms with Gasteiger partial charge in [0, 0.05) is 12.8 Å². The van der Waals surface area contributed by atoms with Gasteiger partial charge in [-0.1, -0.05) is 0 Å². The molecule has 0 atom stereocenters. The first-order valence-electron chi connectivity index (χ1n) is 6.17. The third-order valence-electron chi connectivity index (χ3n) is 3.91. The van der Waals surface area contributed by atoms with Crippen LogP contribution in [0.5, 0.6) is 11.5 Å². The van der Waals surface area contributed by atoms with Crippen molar-refractivity contribution in [3.8, 4) is 11.5 Å². The lowest BCUT2D eigenvalue weighted by Gasteiger charge is -2.33. The fourth-order valence-corrected chi connectivity index (χ4v) is 3.06. The SMILES string of the molecule is O=C1OC2(CCNCC2)c2c1ccc1c2OCO1. The minimum absolute atomic E-state index is 0.217. The van der Waals surface area contributed by atoms with Crippen molar-refractivity contribution in [3.63, 3.8) is 0 Å². The van der Waals surface area contributed by atoms with Gasteiger partial charge in [0.25, 0.3) is 0 Å². The van der Waals surface area contributed by atoms with Crippen molar-refractivity contribution in [1.82, 2.24) is 5.32 Å². The number of nitrogens with one attached hydrogen (secondary N) is 1. The Morgan fingerprint density at radius 1 is 1.17 bits per heavy atom. The van der Waals surface area contributed by atoms with E-state index in [4.69, 9.17) is 14.2 Å². The second-order valence-corrected chi connectivity index (χ2v) is 4.86. The Balaban J connectivity index is 1.93. The molecule has 1 N–H and O–H groups in total. The fourth-order valence-electron chi connectivity index (χ4n) is 3.06. The second kappa shape index (κ2) is 3.38. The molecule has 1 aromatic carbocycles. The summed E-state index contributed by atoms with van der Waals surface area (Å²) >= 11 is 0. The molecule has 0 saturated carbocycles. The highest BCUT2D eigenvalue weighted by Crippen LogP contribution is 2.51. The molecule has 5 nitrogen and oxygen atoms in total. The Hall–Kier alpha value is -1.75. The fraction of sp³-hybridized carbons (Fsp3) is 0.462. The van der Waals surface area contributed by atoms with Gasteiger partial charge in [-0.05, 0) is 25.2 Å². The zero-order valence-corrected chi connectivity index (χ0v) is 9.82. The Labute approximate surface area is 104 Å². The molecule has 0 unspecified atom stereocenters. The third-order valence-corrected chi connectivity index (χ3v) is 3.91. The van der Waals surface area contributed by atoms with Gasteiger partial charge in [0.1, 0.15) is 5.60 Å². The van der Waals surface area contributed by atoms with Gasteiger partial charge in [-0.25, -0.2) is 4.79 Å². The van der Waals surface area contributed by atoms with Crippen molar-refractivity contribution in [3.05, 3.63) is 23.3 Å². The smallest absolute Gasteiger partial charge is 0.339 e. The first kappa shape index (κ1) is 10.2. The molecule has 0 bridgehead atoms. The number of hydrogen-bond acceptors (Lipinski definition) is 5. The van der Waals surface area contributed by atoms with Gasteiger partial charge in [0.2, 0.25) is 6.79 Å². The van der Waals surface area contributed by atoms with Gasteiger partial charge in [-0.3, -0.25) is 0 Å². The summed E-state index contributed by atoms with van der Waals surface area (Å²) in [5.74, 6) is 1.16. The predicted molar refractivity (Wildman–Crippen MR) is 61.8 cm³/mol. The van der Waals surface area contributed by atoms with E-state index in [-0.39, 0.29) is 12.8 Å². The Morgan fingerprint density at radius 3 is 2.83 bits per heavy atom. The molecule has 4 rings (SSSR count). The van der Waals surface area contributed by atoms with Crippen LogP contribution in [0.25, 0.3) is 0 Å². The van der Waals surface area contributed by atoms with E-state index < -0.39 is 5.60 Å². The molecule has 1 spiro atoms. The van der Waals surface area contributed by atoms with E-state index in [1.54, 1.807) is 12.1 Å². The molecule has 3 aliphatic heterocycles. The summed E-state index contributed by atoms with van der Waals surface area (Å²) in [4.78, 5) is 12.0. The van der Waals surface area contributed by atoms with E-state index in [1.165, 1.54) is 0 Å². The minimum atomic E-state index is -0.517. The Morgan fingerprint density at radius 2 is 2.00 bits per heavy atom. The van der Waals surface area contributed by atoms with Crippen LogP contribution >= 0.6 is 0 Å². The number of hydrogen-bond donors (Lipinski definition) is 1. The van der Waals surface area contributed by atoms with Crippen molar-refractivity contribution >= 4 is 5.97 Å². The molecule has 18 heavy (non-hydrogen) atoms. The first-order valence-corrected chi connectivity index (χ1v) is 6.17. The second-order valence-electron chi connectivity index (χ2n) is 4.86. The van der Waals surface area contributed by atoms with Crippen LogP contribution < -0.4 is 14.8 Å².